The van der Waals surface area contributed by atoms with E-state index in [-0.39, 0.29) is 0 Å². The van der Waals surface area contributed by atoms with Crippen LogP contribution >= 0.6 is 31.9 Å². The lowest BCUT2D eigenvalue weighted by Gasteiger charge is -2.06. The van der Waals surface area contributed by atoms with E-state index in [1.807, 2.05) is 12.1 Å². The first kappa shape index (κ1) is 12.8. The number of hydrogen-bond donors (Lipinski definition) is 1. The van der Waals surface area contributed by atoms with E-state index in [0.717, 1.165) is 22.0 Å². The SMILES string of the molecule is Brc1cccc(CNCc2cccc(Br)c2)c1. The average Bonchev–Trinajstić information content (AvgIpc) is 2.29. The Kier molecular flexibility index (Phi) is 4.77. The van der Waals surface area contributed by atoms with Gasteiger partial charge in [0.25, 0.3) is 0 Å². The maximum atomic E-state index is 3.47. The molecule has 0 radical (unpaired) electrons. The van der Waals surface area contributed by atoms with Crippen LogP contribution < -0.4 is 5.32 Å². The molecule has 0 heterocycles. The Bertz CT molecular complexity index is 452. The second-order valence-electron chi connectivity index (χ2n) is 3.86. The Hall–Kier alpha value is -0.640. The highest BCUT2D eigenvalue weighted by molar-refractivity contribution is 9.10. The molecule has 0 fully saturated rings. The van der Waals surface area contributed by atoms with Crippen LogP contribution in [-0.2, 0) is 13.1 Å². The van der Waals surface area contributed by atoms with E-state index < -0.39 is 0 Å². The molecule has 0 spiro atoms. The standard InChI is InChI=1S/C14H13Br2N/c15-13-5-1-3-11(7-13)9-17-10-12-4-2-6-14(16)8-12/h1-8,17H,9-10H2. The van der Waals surface area contributed by atoms with E-state index in [4.69, 9.17) is 0 Å². The second-order valence-corrected chi connectivity index (χ2v) is 5.69. The van der Waals surface area contributed by atoms with Crippen molar-refractivity contribution in [3.05, 3.63) is 68.6 Å². The van der Waals surface area contributed by atoms with Crippen LogP contribution in [0.1, 0.15) is 11.1 Å². The van der Waals surface area contributed by atoms with E-state index in [9.17, 15) is 0 Å². The summed E-state index contributed by atoms with van der Waals surface area (Å²) in [7, 11) is 0. The molecule has 2 aromatic rings. The van der Waals surface area contributed by atoms with Gasteiger partial charge in [-0.3, -0.25) is 0 Å². The molecule has 2 rings (SSSR count). The average molecular weight is 355 g/mol. The quantitative estimate of drug-likeness (QED) is 0.852. The molecule has 0 aliphatic carbocycles. The van der Waals surface area contributed by atoms with Gasteiger partial charge in [0.05, 0.1) is 0 Å². The van der Waals surface area contributed by atoms with Crippen molar-refractivity contribution in [1.82, 2.24) is 5.32 Å². The second kappa shape index (κ2) is 6.34. The van der Waals surface area contributed by atoms with Crippen molar-refractivity contribution >= 4 is 31.9 Å². The smallest absolute Gasteiger partial charge is 0.0209 e. The molecule has 0 amide bonds. The van der Waals surface area contributed by atoms with Gasteiger partial charge < -0.3 is 5.32 Å². The third-order valence-electron chi connectivity index (χ3n) is 2.44. The highest BCUT2D eigenvalue weighted by Gasteiger charge is 1.96. The molecule has 0 unspecified atom stereocenters. The summed E-state index contributed by atoms with van der Waals surface area (Å²) in [5.41, 5.74) is 2.57. The van der Waals surface area contributed by atoms with Crippen LogP contribution in [0.15, 0.2) is 57.5 Å². The lowest BCUT2D eigenvalue weighted by molar-refractivity contribution is 0.693. The van der Waals surface area contributed by atoms with Crippen LogP contribution in [0.4, 0.5) is 0 Å². The summed E-state index contributed by atoms with van der Waals surface area (Å²) in [6.07, 6.45) is 0. The minimum absolute atomic E-state index is 0.881. The fourth-order valence-electron chi connectivity index (χ4n) is 1.65. The zero-order valence-corrected chi connectivity index (χ0v) is 12.5. The molecule has 1 nitrogen and oxygen atoms in total. The number of hydrogen-bond acceptors (Lipinski definition) is 1. The number of halogens is 2. The summed E-state index contributed by atoms with van der Waals surface area (Å²) in [5, 5.41) is 3.43. The van der Waals surface area contributed by atoms with E-state index in [2.05, 4.69) is 73.6 Å². The maximum Gasteiger partial charge on any atom is 0.0209 e. The van der Waals surface area contributed by atoms with Gasteiger partial charge in [-0.2, -0.15) is 0 Å². The molecule has 1 N–H and O–H groups in total. The van der Waals surface area contributed by atoms with Gasteiger partial charge in [0.2, 0.25) is 0 Å². The minimum atomic E-state index is 0.881. The molecular formula is C14H13Br2N. The third-order valence-corrected chi connectivity index (χ3v) is 3.42. The molecule has 0 atom stereocenters. The van der Waals surface area contributed by atoms with Crippen LogP contribution in [-0.4, -0.2) is 0 Å². The Morgan fingerprint density at radius 2 is 1.24 bits per heavy atom. The van der Waals surface area contributed by atoms with Crippen LogP contribution in [0.3, 0.4) is 0 Å². The Balaban J connectivity index is 1.87. The van der Waals surface area contributed by atoms with Gasteiger partial charge in [-0.05, 0) is 35.4 Å². The van der Waals surface area contributed by atoms with Crippen molar-refractivity contribution in [3.63, 3.8) is 0 Å². The van der Waals surface area contributed by atoms with Gasteiger partial charge >= 0.3 is 0 Å². The Morgan fingerprint density at radius 3 is 1.65 bits per heavy atom. The maximum absolute atomic E-state index is 3.47. The lowest BCUT2D eigenvalue weighted by Crippen LogP contribution is -2.12. The molecule has 0 saturated carbocycles. The summed E-state index contributed by atoms with van der Waals surface area (Å²) in [6.45, 7) is 1.76. The van der Waals surface area contributed by atoms with Crippen molar-refractivity contribution in [1.29, 1.82) is 0 Å². The first-order valence-electron chi connectivity index (χ1n) is 5.43. The fourth-order valence-corrected chi connectivity index (χ4v) is 2.54. The molecule has 2 aromatic carbocycles. The Morgan fingerprint density at radius 1 is 0.765 bits per heavy atom. The summed E-state index contributed by atoms with van der Waals surface area (Å²) in [6, 6.07) is 16.7. The van der Waals surface area contributed by atoms with Gasteiger partial charge in [-0.1, -0.05) is 56.1 Å². The third kappa shape index (κ3) is 4.26. The summed E-state index contributed by atoms with van der Waals surface area (Å²) < 4.78 is 2.25. The first-order chi connectivity index (χ1) is 8.24. The van der Waals surface area contributed by atoms with Gasteiger partial charge in [-0.25, -0.2) is 0 Å². The van der Waals surface area contributed by atoms with E-state index in [1.165, 1.54) is 11.1 Å². The molecule has 17 heavy (non-hydrogen) atoms. The number of rotatable bonds is 4. The van der Waals surface area contributed by atoms with Gasteiger partial charge in [0, 0.05) is 22.0 Å². The zero-order valence-electron chi connectivity index (χ0n) is 9.29. The molecule has 88 valence electrons. The summed E-state index contributed by atoms with van der Waals surface area (Å²) in [4.78, 5) is 0. The monoisotopic (exact) mass is 353 g/mol. The topological polar surface area (TPSA) is 12.0 Å². The van der Waals surface area contributed by atoms with Crippen LogP contribution in [0.2, 0.25) is 0 Å². The van der Waals surface area contributed by atoms with Crippen molar-refractivity contribution < 1.29 is 0 Å². The van der Waals surface area contributed by atoms with Gasteiger partial charge in [0.1, 0.15) is 0 Å². The van der Waals surface area contributed by atoms with Gasteiger partial charge in [-0.15, -0.1) is 0 Å². The summed E-state index contributed by atoms with van der Waals surface area (Å²) in [5.74, 6) is 0. The molecule has 3 heteroatoms. The molecule has 0 aromatic heterocycles. The summed E-state index contributed by atoms with van der Waals surface area (Å²) >= 11 is 6.95. The van der Waals surface area contributed by atoms with Crippen molar-refractivity contribution in [2.45, 2.75) is 13.1 Å². The highest BCUT2D eigenvalue weighted by atomic mass is 79.9. The van der Waals surface area contributed by atoms with E-state index in [1.54, 1.807) is 0 Å². The predicted octanol–water partition coefficient (Wildman–Crippen LogP) is 4.50. The van der Waals surface area contributed by atoms with Crippen molar-refractivity contribution in [2.75, 3.05) is 0 Å². The van der Waals surface area contributed by atoms with E-state index >= 15 is 0 Å². The molecule has 0 bridgehead atoms. The van der Waals surface area contributed by atoms with Gasteiger partial charge in [0.15, 0.2) is 0 Å². The van der Waals surface area contributed by atoms with Crippen LogP contribution in [0.5, 0.6) is 0 Å². The van der Waals surface area contributed by atoms with Crippen molar-refractivity contribution in [3.8, 4) is 0 Å². The zero-order chi connectivity index (χ0) is 12.1. The van der Waals surface area contributed by atoms with Crippen molar-refractivity contribution in [2.24, 2.45) is 0 Å². The normalized spacial score (nSPS) is 10.5. The fraction of sp³-hybridized carbons (Fsp3) is 0.143. The minimum Gasteiger partial charge on any atom is -0.309 e. The number of benzene rings is 2. The molecular weight excluding hydrogens is 342 g/mol. The number of nitrogens with one attached hydrogen (secondary N) is 1. The lowest BCUT2D eigenvalue weighted by atomic mass is 10.2. The van der Waals surface area contributed by atoms with Crippen LogP contribution in [0.25, 0.3) is 0 Å². The Labute approximate surface area is 119 Å². The predicted molar refractivity (Wildman–Crippen MR) is 78.8 cm³/mol. The molecule has 0 aliphatic heterocycles. The molecule has 0 aliphatic rings. The van der Waals surface area contributed by atoms with Crippen LogP contribution in [0, 0.1) is 0 Å². The highest BCUT2D eigenvalue weighted by Crippen LogP contribution is 2.13. The van der Waals surface area contributed by atoms with E-state index in [0.29, 0.717) is 0 Å². The largest absolute Gasteiger partial charge is 0.309 e. The first-order valence-corrected chi connectivity index (χ1v) is 7.02. The molecule has 0 saturated heterocycles.